The smallest absolute Gasteiger partial charge is 0.200 e. The zero-order chi connectivity index (χ0) is 13.5. The zero-order valence-electron chi connectivity index (χ0n) is 10.1. The van der Waals surface area contributed by atoms with Crippen LogP contribution in [0.2, 0.25) is 0 Å². The van der Waals surface area contributed by atoms with Crippen molar-refractivity contribution in [3.63, 3.8) is 0 Å². The Bertz CT molecular complexity index is 911. The lowest BCUT2D eigenvalue weighted by molar-refractivity contribution is 0.702. The van der Waals surface area contributed by atoms with Gasteiger partial charge >= 0.3 is 0 Å². The second-order valence-corrected chi connectivity index (χ2v) is 5.13. The molecule has 0 unspecified atom stereocenters. The summed E-state index contributed by atoms with van der Waals surface area (Å²) in [4.78, 5) is 7.67. The fourth-order valence-electron chi connectivity index (χ4n) is 1.84. The van der Waals surface area contributed by atoms with E-state index in [1.807, 2.05) is 24.3 Å². The van der Waals surface area contributed by atoms with Gasteiger partial charge in [-0.2, -0.15) is 0 Å². The van der Waals surface area contributed by atoms with Crippen LogP contribution in [0.5, 0.6) is 0 Å². The number of nitrogens with zero attached hydrogens (tertiary/aromatic N) is 6. The number of aromatic nitrogens is 7. The molecule has 0 radical (unpaired) electrons. The van der Waals surface area contributed by atoms with Gasteiger partial charge in [0.25, 0.3) is 0 Å². The van der Waals surface area contributed by atoms with E-state index in [0.717, 1.165) is 21.2 Å². The normalized spacial score (nSPS) is 11.4. The van der Waals surface area contributed by atoms with Gasteiger partial charge in [-0.1, -0.05) is 0 Å². The van der Waals surface area contributed by atoms with E-state index in [1.165, 1.54) is 16.4 Å². The predicted molar refractivity (Wildman–Crippen MR) is 73.2 cm³/mol. The minimum absolute atomic E-state index is 0.603. The fraction of sp³-hybridized carbons (Fsp3) is 0. The highest BCUT2D eigenvalue weighted by Gasteiger charge is 2.07. The van der Waals surface area contributed by atoms with Crippen LogP contribution in [-0.2, 0) is 0 Å². The monoisotopic (exact) mass is 284 g/mol. The molecule has 9 heteroatoms. The van der Waals surface area contributed by atoms with E-state index in [2.05, 4.69) is 30.6 Å². The van der Waals surface area contributed by atoms with Gasteiger partial charge in [-0.05, 0) is 52.5 Å². The van der Waals surface area contributed by atoms with E-state index in [-0.39, 0.29) is 0 Å². The summed E-state index contributed by atoms with van der Waals surface area (Å²) in [6.07, 6.45) is 0. The number of anilines is 1. The Hall–Kier alpha value is -2.68. The molecule has 0 saturated carbocycles. The van der Waals surface area contributed by atoms with Crippen LogP contribution in [0.25, 0.3) is 16.7 Å². The van der Waals surface area contributed by atoms with Crippen molar-refractivity contribution in [1.29, 1.82) is 0 Å². The first-order valence-electron chi connectivity index (χ1n) is 5.76. The van der Waals surface area contributed by atoms with Crippen LogP contribution >= 0.6 is 11.8 Å². The Balaban J connectivity index is 1.72. The van der Waals surface area contributed by atoms with Gasteiger partial charge in [0.15, 0.2) is 10.8 Å². The molecule has 4 aromatic rings. The number of hydrogen-bond donors (Lipinski definition) is 2. The number of aromatic amines is 1. The topological polar surface area (TPSA) is 111 Å². The number of benzene rings is 1. The van der Waals surface area contributed by atoms with Gasteiger partial charge in [0.05, 0.1) is 11.0 Å². The van der Waals surface area contributed by atoms with Crippen molar-refractivity contribution in [2.45, 2.75) is 10.2 Å². The first-order valence-corrected chi connectivity index (χ1v) is 6.58. The average molecular weight is 284 g/mol. The second kappa shape index (κ2) is 4.17. The predicted octanol–water partition coefficient (Wildman–Crippen LogP) is 1.13. The van der Waals surface area contributed by atoms with Gasteiger partial charge in [-0.3, -0.25) is 0 Å². The van der Waals surface area contributed by atoms with Crippen LogP contribution in [-0.4, -0.2) is 35.2 Å². The van der Waals surface area contributed by atoms with Crippen molar-refractivity contribution in [1.82, 2.24) is 35.2 Å². The highest BCUT2D eigenvalue weighted by molar-refractivity contribution is 7.99. The molecule has 0 aliphatic carbocycles. The Labute approximate surface area is 116 Å². The number of fused-ring (bicyclic) bond motifs is 2. The summed E-state index contributed by atoms with van der Waals surface area (Å²) in [7, 11) is 0. The summed E-state index contributed by atoms with van der Waals surface area (Å²) in [6, 6.07) is 9.20. The maximum atomic E-state index is 5.74. The maximum Gasteiger partial charge on any atom is 0.200 e. The molecule has 0 atom stereocenters. The number of rotatable bonds is 2. The molecule has 3 N–H and O–H groups in total. The van der Waals surface area contributed by atoms with E-state index >= 15 is 0 Å². The van der Waals surface area contributed by atoms with E-state index < -0.39 is 0 Å². The van der Waals surface area contributed by atoms with Crippen molar-refractivity contribution >= 4 is 34.1 Å². The highest BCUT2D eigenvalue weighted by Crippen LogP contribution is 2.26. The molecule has 98 valence electrons. The number of imidazole rings is 1. The van der Waals surface area contributed by atoms with Gasteiger partial charge in [0.2, 0.25) is 0 Å². The summed E-state index contributed by atoms with van der Waals surface area (Å²) in [5, 5.41) is 16.9. The Morgan fingerprint density at radius 2 is 2.15 bits per heavy atom. The lowest BCUT2D eigenvalue weighted by Crippen LogP contribution is -1.95. The number of tetrazole rings is 1. The number of H-pyrrole nitrogens is 1. The maximum absolute atomic E-state index is 5.74. The van der Waals surface area contributed by atoms with Crippen LogP contribution in [0.3, 0.4) is 0 Å². The average Bonchev–Trinajstić information content (AvgIpc) is 3.03. The summed E-state index contributed by atoms with van der Waals surface area (Å²) in [5.74, 6) is 0. The Morgan fingerprint density at radius 3 is 3.10 bits per heavy atom. The molecular formula is C11H8N8S. The van der Waals surface area contributed by atoms with Crippen LogP contribution in [0.4, 0.5) is 5.69 Å². The largest absolute Gasteiger partial charge is 0.399 e. The van der Waals surface area contributed by atoms with Crippen LogP contribution in [0, 0.1) is 0 Å². The third kappa shape index (κ3) is 1.84. The second-order valence-electron chi connectivity index (χ2n) is 4.12. The first kappa shape index (κ1) is 11.2. The number of nitrogens with one attached hydrogen (secondary N) is 1. The summed E-state index contributed by atoms with van der Waals surface area (Å²) >= 11 is 1.40. The first-order chi connectivity index (χ1) is 9.78. The number of nitrogens with two attached hydrogens (primary N) is 1. The molecule has 3 aromatic heterocycles. The molecule has 3 heterocycles. The van der Waals surface area contributed by atoms with Crippen LogP contribution in [0.15, 0.2) is 40.5 Å². The van der Waals surface area contributed by atoms with Gasteiger partial charge < -0.3 is 10.7 Å². The Kier molecular flexibility index (Phi) is 2.33. The molecular weight excluding hydrogens is 276 g/mol. The molecule has 0 aliphatic heterocycles. The SMILES string of the molecule is Nc1ccc2nc(Sc3ccc4nnnn4n3)[nH]c2c1. The van der Waals surface area contributed by atoms with Crippen LogP contribution in [0.1, 0.15) is 0 Å². The molecule has 4 rings (SSSR count). The quantitative estimate of drug-likeness (QED) is 0.531. The molecule has 1 aromatic carbocycles. The molecule has 0 amide bonds. The van der Waals surface area contributed by atoms with Gasteiger partial charge in [-0.15, -0.1) is 14.8 Å². The van der Waals surface area contributed by atoms with E-state index in [9.17, 15) is 0 Å². The Morgan fingerprint density at radius 1 is 1.20 bits per heavy atom. The lowest BCUT2D eigenvalue weighted by atomic mass is 10.3. The minimum Gasteiger partial charge on any atom is -0.399 e. The minimum atomic E-state index is 0.603. The van der Waals surface area contributed by atoms with Crippen molar-refractivity contribution < 1.29 is 0 Å². The van der Waals surface area contributed by atoms with Crippen molar-refractivity contribution in [3.8, 4) is 0 Å². The van der Waals surface area contributed by atoms with Crippen molar-refractivity contribution in [3.05, 3.63) is 30.3 Å². The van der Waals surface area contributed by atoms with Crippen molar-refractivity contribution in [2.24, 2.45) is 0 Å². The summed E-state index contributed by atoms with van der Waals surface area (Å²) in [5.41, 5.74) is 8.81. The van der Waals surface area contributed by atoms with Crippen molar-refractivity contribution in [2.75, 3.05) is 5.73 Å². The molecule has 20 heavy (non-hydrogen) atoms. The third-order valence-corrected chi connectivity index (χ3v) is 3.54. The zero-order valence-corrected chi connectivity index (χ0v) is 10.9. The van der Waals surface area contributed by atoms with Gasteiger partial charge in [-0.25, -0.2) is 4.98 Å². The van der Waals surface area contributed by atoms with Gasteiger partial charge in [0, 0.05) is 5.69 Å². The third-order valence-electron chi connectivity index (χ3n) is 2.73. The molecule has 8 nitrogen and oxygen atoms in total. The van der Waals surface area contributed by atoms with E-state index in [4.69, 9.17) is 5.73 Å². The standard InChI is InChI=1S/C11H8N8S/c12-6-1-2-7-8(5-6)14-11(13-7)20-10-4-3-9-15-17-18-19(9)16-10/h1-5H,12H2,(H,13,14). The van der Waals surface area contributed by atoms with E-state index in [1.54, 1.807) is 6.07 Å². The molecule has 0 spiro atoms. The summed E-state index contributed by atoms with van der Waals surface area (Å²) < 4.78 is 1.38. The van der Waals surface area contributed by atoms with Gasteiger partial charge in [0.1, 0.15) is 5.03 Å². The summed E-state index contributed by atoms with van der Waals surface area (Å²) in [6.45, 7) is 0. The highest BCUT2D eigenvalue weighted by atomic mass is 32.2. The van der Waals surface area contributed by atoms with E-state index in [0.29, 0.717) is 11.3 Å². The lowest BCUT2D eigenvalue weighted by Gasteiger charge is -1.95. The molecule has 0 bridgehead atoms. The molecule has 0 fully saturated rings. The van der Waals surface area contributed by atoms with Crippen LogP contribution < -0.4 is 5.73 Å². The number of hydrogen-bond acceptors (Lipinski definition) is 7. The molecule has 0 aliphatic rings. The fourth-order valence-corrected chi connectivity index (χ4v) is 2.60. The molecule has 0 saturated heterocycles. The number of nitrogen functional groups attached to an aromatic ring is 1.